The third-order valence-corrected chi connectivity index (χ3v) is 3.87. The van der Waals surface area contributed by atoms with Gasteiger partial charge in [0.1, 0.15) is 12.4 Å². The highest BCUT2D eigenvalue weighted by Crippen LogP contribution is 2.15. The lowest BCUT2D eigenvalue weighted by Crippen LogP contribution is -2.44. The van der Waals surface area contributed by atoms with Crippen LogP contribution in [0.4, 0.5) is 0 Å². The average molecular weight is 387 g/mol. The summed E-state index contributed by atoms with van der Waals surface area (Å²) in [5.74, 6) is -0.323. The molecule has 1 rings (SSSR count). The maximum absolute atomic E-state index is 12.2. The number of likely N-dealkylation sites (N-methyl/N-ethyl adjacent to an activating group) is 1. The van der Waals surface area contributed by atoms with E-state index in [1.165, 1.54) is 0 Å². The monoisotopic (exact) mass is 386 g/mol. The Balaban J connectivity index is 2.40. The molecule has 23 heavy (non-hydrogen) atoms. The summed E-state index contributed by atoms with van der Waals surface area (Å²) in [7, 11) is 1.69. The highest BCUT2D eigenvalue weighted by atomic mass is 79.9. The molecular formula is C16H23BrN2O4. The van der Waals surface area contributed by atoms with Gasteiger partial charge in [-0.2, -0.15) is 0 Å². The summed E-state index contributed by atoms with van der Waals surface area (Å²) in [4.78, 5) is 26.2. The fourth-order valence-corrected chi connectivity index (χ4v) is 2.11. The van der Waals surface area contributed by atoms with Crippen LogP contribution in [0.25, 0.3) is 0 Å². The summed E-state index contributed by atoms with van der Waals surface area (Å²) in [6.07, 6.45) is 0. The van der Waals surface area contributed by atoms with Crippen molar-refractivity contribution < 1.29 is 19.4 Å². The number of halogens is 1. The molecule has 6 nitrogen and oxygen atoms in total. The molecular weight excluding hydrogens is 364 g/mol. The van der Waals surface area contributed by atoms with E-state index < -0.39 is 5.97 Å². The third kappa shape index (κ3) is 7.47. The topological polar surface area (TPSA) is 70.1 Å². The second kappa shape index (κ2) is 9.52. The normalized spacial score (nSPS) is 10.9. The minimum absolute atomic E-state index is 0.0116. The molecule has 128 valence electrons. The second-order valence-corrected chi connectivity index (χ2v) is 6.43. The van der Waals surface area contributed by atoms with E-state index in [4.69, 9.17) is 9.84 Å². The Morgan fingerprint density at radius 2 is 1.83 bits per heavy atom. The van der Waals surface area contributed by atoms with E-state index in [1.54, 1.807) is 16.8 Å². The van der Waals surface area contributed by atoms with Gasteiger partial charge in [0.15, 0.2) is 0 Å². The molecule has 0 aliphatic rings. The number of rotatable bonds is 9. The van der Waals surface area contributed by atoms with E-state index in [0.717, 1.165) is 10.2 Å². The van der Waals surface area contributed by atoms with Gasteiger partial charge in [0.25, 0.3) is 0 Å². The molecule has 0 saturated carbocycles. The van der Waals surface area contributed by atoms with Gasteiger partial charge in [0.05, 0.1) is 19.6 Å². The zero-order valence-corrected chi connectivity index (χ0v) is 15.2. The number of amides is 1. The number of hydrogen-bond acceptors (Lipinski definition) is 4. The van der Waals surface area contributed by atoms with Crippen LogP contribution in [0, 0.1) is 0 Å². The fraction of sp³-hybridized carbons (Fsp3) is 0.500. The van der Waals surface area contributed by atoms with Crippen molar-refractivity contribution in [2.45, 2.75) is 19.9 Å². The molecule has 1 N–H and O–H groups in total. The molecule has 0 aliphatic carbocycles. The maximum atomic E-state index is 12.2. The molecule has 0 bridgehead atoms. The molecule has 0 aliphatic heterocycles. The first-order valence-electron chi connectivity index (χ1n) is 7.37. The first-order valence-corrected chi connectivity index (χ1v) is 8.17. The number of carboxylic acids is 1. The molecule has 0 heterocycles. The number of aliphatic carboxylic acids is 1. The standard InChI is InChI=1S/C16H23BrN2O4/c1-12(2)19(11-16(21)22)10-15(20)18(3)8-9-23-14-6-4-13(17)5-7-14/h4-7,12H,8-11H2,1-3H3,(H,21,22). The van der Waals surface area contributed by atoms with Gasteiger partial charge in [-0.25, -0.2) is 0 Å². The maximum Gasteiger partial charge on any atom is 0.317 e. The number of ether oxygens (including phenoxy) is 1. The Labute approximate surface area is 145 Å². The van der Waals surface area contributed by atoms with Crippen molar-refractivity contribution in [1.82, 2.24) is 9.80 Å². The molecule has 0 atom stereocenters. The summed E-state index contributed by atoms with van der Waals surface area (Å²) < 4.78 is 6.55. The van der Waals surface area contributed by atoms with Gasteiger partial charge in [-0.1, -0.05) is 15.9 Å². The lowest BCUT2D eigenvalue weighted by Gasteiger charge is -2.26. The van der Waals surface area contributed by atoms with Crippen LogP contribution >= 0.6 is 15.9 Å². The molecule has 0 unspecified atom stereocenters. The first-order chi connectivity index (χ1) is 10.8. The number of nitrogens with zero attached hydrogens (tertiary/aromatic N) is 2. The number of hydrogen-bond donors (Lipinski definition) is 1. The van der Waals surface area contributed by atoms with Crippen LogP contribution in [-0.2, 0) is 9.59 Å². The minimum atomic E-state index is -0.937. The number of benzene rings is 1. The van der Waals surface area contributed by atoms with Gasteiger partial charge >= 0.3 is 5.97 Å². The lowest BCUT2D eigenvalue weighted by atomic mass is 10.3. The summed E-state index contributed by atoms with van der Waals surface area (Å²) >= 11 is 3.35. The molecule has 1 amide bonds. The van der Waals surface area contributed by atoms with Gasteiger partial charge in [-0.15, -0.1) is 0 Å². The van der Waals surface area contributed by atoms with Crippen molar-refractivity contribution in [2.75, 3.05) is 33.3 Å². The van der Waals surface area contributed by atoms with Gasteiger partial charge in [-0.05, 0) is 38.1 Å². The summed E-state index contributed by atoms with van der Waals surface area (Å²) in [6, 6.07) is 7.45. The van der Waals surface area contributed by atoms with Crippen molar-refractivity contribution in [1.29, 1.82) is 0 Å². The summed E-state index contributed by atoms with van der Waals surface area (Å²) in [5, 5.41) is 8.88. The highest BCUT2D eigenvalue weighted by molar-refractivity contribution is 9.10. The number of carbonyl (C=O) groups is 2. The molecule has 1 aromatic rings. The largest absolute Gasteiger partial charge is 0.492 e. The van der Waals surface area contributed by atoms with Crippen LogP contribution in [-0.4, -0.2) is 66.1 Å². The zero-order chi connectivity index (χ0) is 17.4. The lowest BCUT2D eigenvalue weighted by molar-refractivity contribution is -0.140. The van der Waals surface area contributed by atoms with Crippen LogP contribution < -0.4 is 4.74 Å². The third-order valence-electron chi connectivity index (χ3n) is 3.34. The molecule has 0 spiro atoms. The first kappa shape index (κ1) is 19.4. The Morgan fingerprint density at radius 3 is 2.35 bits per heavy atom. The van der Waals surface area contributed by atoms with Crippen molar-refractivity contribution >= 4 is 27.8 Å². The van der Waals surface area contributed by atoms with E-state index >= 15 is 0 Å². The molecule has 7 heteroatoms. The Morgan fingerprint density at radius 1 is 1.22 bits per heavy atom. The molecule has 0 aromatic heterocycles. The number of carbonyl (C=O) groups excluding carboxylic acids is 1. The summed E-state index contributed by atoms with van der Waals surface area (Å²) in [5.41, 5.74) is 0. The van der Waals surface area contributed by atoms with Crippen molar-refractivity contribution in [3.05, 3.63) is 28.7 Å². The molecule has 1 aromatic carbocycles. The SMILES string of the molecule is CC(C)N(CC(=O)O)CC(=O)N(C)CCOc1ccc(Br)cc1. The van der Waals surface area contributed by atoms with Crippen molar-refractivity contribution in [2.24, 2.45) is 0 Å². The van der Waals surface area contributed by atoms with Crippen molar-refractivity contribution in [3.63, 3.8) is 0 Å². The minimum Gasteiger partial charge on any atom is -0.492 e. The van der Waals surface area contributed by atoms with Gasteiger partial charge < -0.3 is 14.7 Å². The second-order valence-electron chi connectivity index (χ2n) is 5.51. The van der Waals surface area contributed by atoms with E-state index in [0.29, 0.717) is 13.2 Å². The Hall–Kier alpha value is -1.60. The number of carboxylic acid groups (broad SMARTS) is 1. The van der Waals surface area contributed by atoms with E-state index in [1.807, 2.05) is 38.1 Å². The predicted octanol–water partition coefficient (Wildman–Crippen LogP) is 2.08. The van der Waals surface area contributed by atoms with E-state index in [-0.39, 0.29) is 25.0 Å². The van der Waals surface area contributed by atoms with E-state index in [9.17, 15) is 9.59 Å². The zero-order valence-electron chi connectivity index (χ0n) is 13.7. The van der Waals surface area contributed by atoms with Crippen LogP contribution in [0.5, 0.6) is 5.75 Å². The molecule has 0 saturated heterocycles. The summed E-state index contributed by atoms with van der Waals surface area (Å²) in [6.45, 7) is 4.49. The fourth-order valence-electron chi connectivity index (χ4n) is 1.85. The van der Waals surface area contributed by atoms with Crippen LogP contribution in [0.2, 0.25) is 0 Å². The van der Waals surface area contributed by atoms with Crippen LogP contribution in [0.3, 0.4) is 0 Å². The molecule has 0 fully saturated rings. The van der Waals surface area contributed by atoms with E-state index in [2.05, 4.69) is 15.9 Å². The van der Waals surface area contributed by atoms with Gasteiger partial charge in [-0.3, -0.25) is 14.5 Å². The average Bonchev–Trinajstić information content (AvgIpc) is 2.47. The Bertz CT molecular complexity index is 519. The van der Waals surface area contributed by atoms with Gasteiger partial charge in [0.2, 0.25) is 5.91 Å². The molecule has 0 radical (unpaired) electrons. The predicted molar refractivity (Wildman–Crippen MR) is 91.6 cm³/mol. The highest BCUT2D eigenvalue weighted by Gasteiger charge is 2.19. The Kier molecular flexibility index (Phi) is 8.05. The van der Waals surface area contributed by atoms with Crippen LogP contribution in [0.15, 0.2) is 28.7 Å². The van der Waals surface area contributed by atoms with Crippen molar-refractivity contribution in [3.8, 4) is 5.75 Å². The smallest absolute Gasteiger partial charge is 0.317 e. The van der Waals surface area contributed by atoms with Gasteiger partial charge in [0, 0.05) is 17.6 Å². The quantitative estimate of drug-likeness (QED) is 0.703. The van der Waals surface area contributed by atoms with Crippen LogP contribution in [0.1, 0.15) is 13.8 Å².